The Morgan fingerprint density at radius 2 is 2.04 bits per heavy atom. The van der Waals surface area contributed by atoms with Crippen LogP contribution in [0.2, 0.25) is 0 Å². The second-order valence-electron chi connectivity index (χ2n) is 5.18. The molecule has 8 heteroatoms. The summed E-state index contributed by atoms with van der Waals surface area (Å²) in [5.74, 6) is -0.682. The Bertz CT molecular complexity index is 818. The van der Waals surface area contributed by atoms with Crippen molar-refractivity contribution in [3.63, 3.8) is 0 Å². The van der Waals surface area contributed by atoms with Crippen molar-refractivity contribution < 1.29 is 24.5 Å². The highest BCUT2D eigenvalue weighted by atomic mass is 79.9. The Morgan fingerprint density at radius 3 is 2.58 bits per heavy atom. The summed E-state index contributed by atoms with van der Waals surface area (Å²) >= 11 is 3.32. The van der Waals surface area contributed by atoms with Gasteiger partial charge in [0.15, 0.2) is 0 Å². The second kappa shape index (κ2) is 9.08. The molecule has 2 aromatic rings. The Morgan fingerprint density at radius 1 is 1.35 bits per heavy atom. The van der Waals surface area contributed by atoms with Crippen molar-refractivity contribution in [1.29, 1.82) is 5.26 Å². The van der Waals surface area contributed by atoms with Gasteiger partial charge in [-0.25, -0.2) is 0 Å². The molecule has 0 saturated heterocycles. The monoisotopic (exact) mass is 419 g/mol. The molecule has 2 rings (SSSR count). The SMILES string of the molecule is COc1cc(C(Nc2ccc(C#N)cc2)C(=O)[O-])c(OCCO)cc1Br. The highest BCUT2D eigenvalue weighted by Gasteiger charge is 2.21. The maximum absolute atomic E-state index is 11.8. The molecule has 0 radical (unpaired) electrons. The molecule has 0 aliphatic rings. The normalized spacial score (nSPS) is 11.3. The van der Waals surface area contributed by atoms with E-state index in [0.29, 0.717) is 21.5 Å². The number of carbonyl (C=O) groups is 1. The number of carboxylic acids is 1. The average Bonchev–Trinajstić information content (AvgIpc) is 2.65. The third kappa shape index (κ3) is 4.65. The smallest absolute Gasteiger partial charge is 0.133 e. The summed E-state index contributed by atoms with van der Waals surface area (Å²) in [7, 11) is 1.46. The first-order chi connectivity index (χ1) is 12.5. The van der Waals surface area contributed by atoms with Crippen LogP contribution >= 0.6 is 15.9 Å². The van der Waals surface area contributed by atoms with Crippen molar-refractivity contribution in [1.82, 2.24) is 0 Å². The number of aliphatic hydroxyl groups is 1. The van der Waals surface area contributed by atoms with Crippen molar-refractivity contribution in [2.75, 3.05) is 25.6 Å². The Hall–Kier alpha value is -2.76. The third-order valence-electron chi connectivity index (χ3n) is 3.50. The van der Waals surface area contributed by atoms with Gasteiger partial charge in [-0.05, 0) is 52.3 Å². The average molecular weight is 420 g/mol. The standard InChI is InChI=1S/C18H17BrN2O5/c1-25-16-8-13(15(9-14(16)19)26-7-6-22)17(18(23)24)21-12-4-2-11(10-20)3-5-12/h2-5,8-9,17,21-22H,6-7H2,1H3,(H,23,24)/p-1. The quantitative estimate of drug-likeness (QED) is 0.667. The fourth-order valence-corrected chi connectivity index (χ4v) is 2.77. The summed E-state index contributed by atoms with van der Waals surface area (Å²) in [5.41, 5.74) is 1.23. The van der Waals surface area contributed by atoms with E-state index in [1.807, 2.05) is 6.07 Å². The van der Waals surface area contributed by atoms with Gasteiger partial charge in [0.25, 0.3) is 0 Å². The van der Waals surface area contributed by atoms with E-state index >= 15 is 0 Å². The van der Waals surface area contributed by atoms with E-state index < -0.39 is 12.0 Å². The first kappa shape index (κ1) is 19.6. The van der Waals surface area contributed by atoms with Crippen molar-refractivity contribution in [3.05, 3.63) is 52.0 Å². The van der Waals surface area contributed by atoms with Crippen LogP contribution in [0.1, 0.15) is 17.2 Å². The molecule has 2 aromatic carbocycles. The van der Waals surface area contributed by atoms with E-state index in [9.17, 15) is 9.90 Å². The third-order valence-corrected chi connectivity index (χ3v) is 4.12. The lowest BCUT2D eigenvalue weighted by Gasteiger charge is -2.24. The summed E-state index contributed by atoms with van der Waals surface area (Å²) in [6.45, 7) is -0.218. The fraction of sp³-hybridized carbons (Fsp3) is 0.222. The lowest BCUT2D eigenvalue weighted by atomic mass is 10.0. The lowest BCUT2D eigenvalue weighted by molar-refractivity contribution is -0.307. The Kier molecular flexibility index (Phi) is 6.83. The number of rotatable bonds is 8. The van der Waals surface area contributed by atoms with E-state index in [-0.39, 0.29) is 24.5 Å². The number of halogens is 1. The molecule has 1 atom stereocenters. The Labute approximate surface area is 158 Å². The number of carboxylic acid groups (broad SMARTS) is 1. The molecule has 0 amide bonds. The van der Waals surface area contributed by atoms with Crippen molar-refractivity contribution >= 4 is 27.6 Å². The summed E-state index contributed by atoms with van der Waals surface area (Å²) < 4.78 is 11.3. The van der Waals surface area contributed by atoms with Gasteiger partial charge >= 0.3 is 0 Å². The molecule has 1 unspecified atom stereocenters. The molecule has 0 spiro atoms. The van der Waals surface area contributed by atoms with Crippen LogP contribution in [-0.2, 0) is 4.79 Å². The van der Waals surface area contributed by atoms with E-state index in [0.717, 1.165) is 0 Å². The molecule has 0 aliphatic heterocycles. The van der Waals surface area contributed by atoms with Crippen molar-refractivity contribution in [2.45, 2.75) is 6.04 Å². The summed E-state index contributed by atoms with van der Waals surface area (Å²) in [6.07, 6.45) is 0. The number of hydrogen-bond acceptors (Lipinski definition) is 7. The number of aliphatic carboxylic acids is 1. The molecule has 0 aromatic heterocycles. The van der Waals surface area contributed by atoms with Gasteiger partial charge in [0.2, 0.25) is 0 Å². The van der Waals surface area contributed by atoms with Crippen LogP contribution in [0.25, 0.3) is 0 Å². The van der Waals surface area contributed by atoms with Crippen LogP contribution in [-0.4, -0.2) is 31.4 Å². The van der Waals surface area contributed by atoms with Crippen LogP contribution in [0.4, 0.5) is 5.69 Å². The number of benzene rings is 2. The number of nitriles is 1. The maximum atomic E-state index is 11.8. The number of anilines is 1. The van der Waals surface area contributed by atoms with Crippen LogP contribution in [0.5, 0.6) is 11.5 Å². The zero-order valence-electron chi connectivity index (χ0n) is 13.9. The minimum absolute atomic E-state index is 0.00238. The van der Waals surface area contributed by atoms with E-state index in [4.69, 9.17) is 19.8 Å². The van der Waals surface area contributed by atoms with Crippen LogP contribution in [0.3, 0.4) is 0 Å². The largest absolute Gasteiger partial charge is 0.548 e. The minimum Gasteiger partial charge on any atom is -0.548 e. The van der Waals surface area contributed by atoms with Gasteiger partial charge in [0, 0.05) is 11.3 Å². The Balaban J connectivity index is 2.43. The van der Waals surface area contributed by atoms with Gasteiger partial charge in [-0.1, -0.05) is 0 Å². The number of nitrogens with one attached hydrogen (secondary N) is 1. The maximum Gasteiger partial charge on any atom is 0.133 e. The summed E-state index contributed by atoms with van der Waals surface area (Å²) in [6, 6.07) is 10.2. The summed E-state index contributed by atoms with van der Waals surface area (Å²) in [4.78, 5) is 11.8. The van der Waals surface area contributed by atoms with Gasteiger partial charge < -0.3 is 29.8 Å². The van der Waals surface area contributed by atoms with Crippen molar-refractivity contribution in [2.24, 2.45) is 0 Å². The van der Waals surface area contributed by atoms with Crippen LogP contribution in [0, 0.1) is 11.3 Å². The molecule has 2 N–H and O–H groups in total. The van der Waals surface area contributed by atoms with Crippen LogP contribution in [0.15, 0.2) is 40.9 Å². The predicted molar refractivity (Wildman–Crippen MR) is 95.8 cm³/mol. The molecular formula is C18H16BrN2O5-. The zero-order valence-corrected chi connectivity index (χ0v) is 15.4. The highest BCUT2D eigenvalue weighted by molar-refractivity contribution is 9.10. The molecular weight excluding hydrogens is 404 g/mol. The summed E-state index contributed by atoms with van der Waals surface area (Å²) in [5, 5.41) is 32.4. The molecule has 7 nitrogen and oxygen atoms in total. The first-order valence-corrected chi connectivity index (χ1v) is 8.38. The number of carbonyl (C=O) groups excluding carboxylic acids is 1. The number of aliphatic hydroxyl groups excluding tert-OH is 1. The van der Waals surface area contributed by atoms with Gasteiger partial charge in [-0.15, -0.1) is 0 Å². The first-order valence-electron chi connectivity index (χ1n) is 7.58. The van der Waals surface area contributed by atoms with Gasteiger partial charge in [-0.2, -0.15) is 5.26 Å². The van der Waals surface area contributed by atoms with E-state index in [2.05, 4.69) is 21.2 Å². The lowest BCUT2D eigenvalue weighted by Crippen LogP contribution is -2.34. The minimum atomic E-state index is -1.37. The fourth-order valence-electron chi connectivity index (χ4n) is 2.28. The number of nitrogens with zero attached hydrogens (tertiary/aromatic N) is 1. The zero-order chi connectivity index (χ0) is 19.1. The molecule has 136 valence electrons. The number of ether oxygens (including phenoxy) is 2. The molecule has 0 heterocycles. The second-order valence-corrected chi connectivity index (χ2v) is 6.04. The van der Waals surface area contributed by atoms with Crippen LogP contribution < -0.4 is 19.9 Å². The number of hydrogen-bond donors (Lipinski definition) is 2. The molecule has 26 heavy (non-hydrogen) atoms. The molecule has 0 aliphatic carbocycles. The topological polar surface area (TPSA) is 115 Å². The molecule has 0 bridgehead atoms. The molecule has 0 saturated carbocycles. The van der Waals surface area contributed by atoms with E-state index in [1.54, 1.807) is 30.3 Å². The highest BCUT2D eigenvalue weighted by Crippen LogP contribution is 2.37. The predicted octanol–water partition coefficient (Wildman–Crippen LogP) is 1.60. The van der Waals surface area contributed by atoms with Crippen molar-refractivity contribution in [3.8, 4) is 17.6 Å². The van der Waals surface area contributed by atoms with Gasteiger partial charge in [-0.3, -0.25) is 0 Å². The number of methoxy groups -OCH3 is 1. The van der Waals surface area contributed by atoms with Gasteiger partial charge in [0.05, 0.1) is 41.8 Å². The van der Waals surface area contributed by atoms with E-state index in [1.165, 1.54) is 13.2 Å². The molecule has 0 fully saturated rings. The van der Waals surface area contributed by atoms with Gasteiger partial charge in [0.1, 0.15) is 18.1 Å².